The molecule has 4 atom stereocenters. The van der Waals surface area contributed by atoms with E-state index in [2.05, 4.69) is 25.9 Å². The molecule has 3 heteroatoms. The van der Waals surface area contributed by atoms with Gasteiger partial charge in [-0.25, -0.2) is 0 Å². The third kappa shape index (κ3) is 18.3. The van der Waals surface area contributed by atoms with E-state index >= 15 is 0 Å². The van der Waals surface area contributed by atoms with Gasteiger partial charge in [-0.15, -0.1) is 0 Å². The molecule has 0 spiro atoms. The van der Waals surface area contributed by atoms with E-state index in [0.29, 0.717) is 0 Å². The lowest BCUT2D eigenvalue weighted by Gasteiger charge is -2.24. The molecule has 0 amide bonds. The number of rotatable bonds is 26. The van der Waals surface area contributed by atoms with Crippen molar-refractivity contribution < 1.29 is 9.90 Å². The van der Waals surface area contributed by atoms with Gasteiger partial charge in [-0.1, -0.05) is 136 Å². The van der Waals surface area contributed by atoms with E-state index < -0.39 is 5.97 Å². The van der Waals surface area contributed by atoms with Gasteiger partial charge < -0.3 is 10.0 Å². The van der Waals surface area contributed by atoms with Crippen LogP contribution in [0.3, 0.4) is 0 Å². The monoisotopic (exact) mass is 493 g/mol. The van der Waals surface area contributed by atoms with Gasteiger partial charge in [-0.3, -0.25) is 4.79 Å². The van der Waals surface area contributed by atoms with Crippen molar-refractivity contribution in [3.05, 3.63) is 0 Å². The lowest BCUT2D eigenvalue weighted by atomic mass is 9.99. The van der Waals surface area contributed by atoms with Crippen LogP contribution in [0.25, 0.3) is 0 Å². The topological polar surface area (TPSA) is 40.5 Å². The summed E-state index contributed by atoms with van der Waals surface area (Å²) in [6, 6.07) is 0.801. The minimum absolute atomic E-state index is 0.168. The van der Waals surface area contributed by atoms with Crippen LogP contribution in [0.5, 0.6) is 0 Å². The normalized spacial score (nSPS) is 19.2. The van der Waals surface area contributed by atoms with Gasteiger partial charge in [0.05, 0.1) is 5.92 Å². The Morgan fingerprint density at radius 1 is 0.686 bits per heavy atom. The standard InChI is InChI=1S/C32H63NO2/c1-5-6-7-12-20-25-31(33(3)4)26-21-14-11-9-8-10-13-18-23-29-27-30(29)24-19-16-15-17-22-28(2)32(34)35/h28-31H,5-27H2,1-4H3,(H,34,35). The van der Waals surface area contributed by atoms with E-state index in [0.717, 1.165) is 30.7 Å². The van der Waals surface area contributed by atoms with Crippen molar-refractivity contribution in [1.29, 1.82) is 0 Å². The summed E-state index contributed by atoms with van der Waals surface area (Å²) in [5.41, 5.74) is 0. The highest BCUT2D eigenvalue weighted by atomic mass is 16.4. The van der Waals surface area contributed by atoms with Crippen LogP contribution in [0, 0.1) is 17.8 Å². The summed E-state index contributed by atoms with van der Waals surface area (Å²) in [7, 11) is 4.54. The average Bonchev–Trinajstić information content (AvgIpc) is 3.58. The van der Waals surface area contributed by atoms with E-state index in [4.69, 9.17) is 5.11 Å². The minimum atomic E-state index is -0.641. The molecule has 0 aliphatic heterocycles. The SMILES string of the molecule is CCCCCCCC(CCCCCCCCCCC1CC1CCCCCCC(C)C(=O)O)N(C)C. The molecule has 1 rings (SSSR count). The molecule has 1 aliphatic rings. The van der Waals surface area contributed by atoms with Gasteiger partial charge in [0.25, 0.3) is 0 Å². The number of unbranched alkanes of at least 4 members (excludes halogenated alkanes) is 14. The second-order valence-corrected chi connectivity index (χ2v) is 12.2. The molecule has 0 aromatic heterocycles. The Labute approximate surface area is 220 Å². The number of hydrogen-bond acceptors (Lipinski definition) is 2. The molecular weight excluding hydrogens is 430 g/mol. The minimum Gasteiger partial charge on any atom is -0.481 e. The summed E-state index contributed by atoms with van der Waals surface area (Å²) >= 11 is 0. The average molecular weight is 494 g/mol. The van der Waals surface area contributed by atoms with Gasteiger partial charge in [-0.05, 0) is 51.6 Å². The van der Waals surface area contributed by atoms with Crippen LogP contribution in [0.2, 0.25) is 0 Å². The van der Waals surface area contributed by atoms with E-state index in [9.17, 15) is 4.79 Å². The zero-order valence-corrected chi connectivity index (χ0v) is 24.4. The maximum absolute atomic E-state index is 10.8. The Morgan fingerprint density at radius 2 is 1.09 bits per heavy atom. The Morgan fingerprint density at radius 3 is 1.51 bits per heavy atom. The summed E-state index contributed by atoms with van der Waals surface area (Å²) < 4.78 is 0. The van der Waals surface area contributed by atoms with E-state index in [1.807, 2.05) is 6.92 Å². The molecule has 1 aliphatic carbocycles. The van der Waals surface area contributed by atoms with Crippen molar-refractivity contribution in [3.63, 3.8) is 0 Å². The van der Waals surface area contributed by atoms with Crippen LogP contribution in [0.1, 0.15) is 162 Å². The van der Waals surface area contributed by atoms with Gasteiger partial charge in [0.15, 0.2) is 0 Å². The molecule has 4 unspecified atom stereocenters. The number of hydrogen-bond donors (Lipinski definition) is 1. The number of carboxylic acid groups (broad SMARTS) is 1. The van der Waals surface area contributed by atoms with Crippen LogP contribution in [-0.2, 0) is 4.79 Å². The van der Waals surface area contributed by atoms with Crippen molar-refractivity contribution in [2.75, 3.05) is 14.1 Å². The van der Waals surface area contributed by atoms with Gasteiger partial charge in [0.1, 0.15) is 0 Å². The van der Waals surface area contributed by atoms with Gasteiger partial charge in [-0.2, -0.15) is 0 Å². The van der Waals surface area contributed by atoms with Crippen LogP contribution in [0.15, 0.2) is 0 Å². The zero-order valence-electron chi connectivity index (χ0n) is 24.4. The highest BCUT2D eigenvalue weighted by Crippen LogP contribution is 2.45. The fourth-order valence-electron chi connectivity index (χ4n) is 5.84. The summed E-state index contributed by atoms with van der Waals surface area (Å²) in [5.74, 6) is 1.25. The van der Waals surface area contributed by atoms with Gasteiger partial charge in [0, 0.05) is 6.04 Å². The van der Waals surface area contributed by atoms with Crippen molar-refractivity contribution in [2.45, 2.75) is 168 Å². The number of carboxylic acids is 1. The first-order valence-corrected chi connectivity index (χ1v) is 15.8. The second kappa shape index (κ2) is 21.5. The molecule has 3 nitrogen and oxygen atoms in total. The first-order chi connectivity index (χ1) is 17.0. The predicted octanol–water partition coefficient (Wildman–Crippen LogP) is 9.88. The molecule has 0 aromatic rings. The van der Waals surface area contributed by atoms with Crippen LogP contribution < -0.4 is 0 Å². The smallest absolute Gasteiger partial charge is 0.306 e. The quantitative estimate of drug-likeness (QED) is 0.122. The fraction of sp³-hybridized carbons (Fsp3) is 0.969. The Bertz CT molecular complexity index is 492. The number of aliphatic carboxylic acids is 1. The van der Waals surface area contributed by atoms with Crippen molar-refractivity contribution >= 4 is 5.97 Å². The summed E-state index contributed by atoms with van der Waals surface area (Å²) in [6.07, 6.45) is 31.5. The molecule has 1 saturated carbocycles. The Balaban J connectivity index is 1.83. The van der Waals surface area contributed by atoms with Crippen molar-refractivity contribution in [2.24, 2.45) is 17.8 Å². The number of nitrogens with zero attached hydrogens (tertiary/aromatic N) is 1. The number of carbonyl (C=O) groups is 1. The molecule has 1 N–H and O–H groups in total. The lowest BCUT2D eigenvalue weighted by Crippen LogP contribution is -2.27. The molecule has 0 radical (unpaired) electrons. The largest absolute Gasteiger partial charge is 0.481 e. The maximum Gasteiger partial charge on any atom is 0.306 e. The van der Waals surface area contributed by atoms with Crippen molar-refractivity contribution in [3.8, 4) is 0 Å². The third-order valence-electron chi connectivity index (χ3n) is 8.69. The Kier molecular flexibility index (Phi) is 19.9. The third-order valence-corrected chi connectivity index (χ3v) is 8.69. The zero-order chi connectivity index (χ0) is 25.7. The van der Waals surface area contributed by atoms with Crippen molar-refractivity contribution in [1.82, 2.24) is 4.90 Å². The Hall–Kier alpha value is -0.570. The molecule has 208 valence electrons. The molecule has 35 heavy (non-hydrogen) atoms. The second-order valence-electron chi connectivity index (χ2n) is 12.2. The van der Waals surface area contributed by atoms with Crippen LogP contribution in [-0.4, -0.2) is 36.1 Å². The lowest BCUT2D eigenvalue weighted by molar-refractivity contribution is -0.141. The van der Waals surface area contributed by atoms with Crippen LogP contribution in [0.4, 0.5) is 0 Å². The summed E-state index contributed by atoms with van der Waals surface area (Å²) in [5, 5.41) is 8.93. The fourth-order valence-corrected chi connectivity index (χ4v) is 5.84. The first-order valence-electron chi connectivity index (χ1n) is 15.8. The molecule has 1 fully saturated rings. The predicted molar refractivity (Wildman–Crippen MR) is 153 cm³/mol. The molecule has 0 bridgehead atoms. The summed E-state index contributed by atoms with van der Waals surface area (Å²) in [4.78, 5) is 13.3. The first kappa shape index (κ1) is 32.5. The molecule has 0 aromatic carbocycles. The van der Waals surface area contributed by atoms with E-state index in [1.54, 1.807) is 0 Å². The maximum atomic E-state index is 10.8. The highest BCUT2D eigenvalue weighted by Gasteiger charge is 2.35. The summed E-state index contributed by atoms with van der Waals surface area (Å²) in [6.45, 7) is 4.13. The highest BCUT2D eigenvalue weighted by molar-refractivity contribution is 5.69. The molecule has 0 heterocycles. The molecule has 0 saturated heterocycles. The van der Waals surface area contributed by atoms with E-state index in [-0.39, 0.29) is 5.92 Å². The van der Waals surface area contributed by atoms with Gasteiger partial charge in [0.2, 0.25) is 0 Å². The van der Waals surface area contributed by atoms with Crippen LogP contribution >= 0.6 is 0 Å². The van der Waals surface area contributed by atoms with E-state index in [1.165, 1.54) is 135 Å². The molecular formula is C32H63NO2. The van der Waals surface area contributed by atoms with Gasteiger partial charge >= 0.3 is 5.97 Å².